The van der Waals surface area contributed by atoms with Gasteiger partial charge in [-0.25, -0.2) is 9.97 Å². The average Bonchev–Trinajstić information content (AvgIpc) is 2.79. The van der Waals surface area contributed by atoms with Gasteiger partial charge in [-0.1, -0.05) is 18.6 Å². The molecule has 168 valence electrons. The van der Waals surface area contributed by atoms with Crippen LogP contribution in [0.15, 0.2) is 59.5 Å². The number of pyridine rings is 2. The van der Waals surface area contributed by atoms with Crippen molar-refractivity contribution in [1.29, 1.82) is 0 Å². The number of rotatable bonds is 7. The molecule has 0 radical (unpaired) electrons. The van der Waals surface area contributed by atoms with Crippen LogP contribution >= 0.6 is 0 Å². The lowest BCUT2D eigenvalue weighted by atomic mass is 9.85. The summed E-state index contributed by atoms with van der Waals surface area (Å²) in [6.07, 6.45) is 5.51. The Balaban J connectivity index is 1.30. The third-order valence-electron chi connectivity index (χ3n) is 6.14. The Bertz CT molecular complexity index is 1400. The molecule has 0 spiro atoms. The SMILES string of the molecule is O=C(NCc1cc2cc(CNCC3CCC3)ccc2nc1F)c1cc(=O)n2ccccc2n1. The molecule has 1 aliphatic rings. The van der Waals surface area contributed by atoms with Gasteiger partial charge in [0, 0.05) is 36.3 Å². The molecule has 7 nitrogen and oxygen atoms in total. The molecule has 0 unspecified atom stereocenters. The zero-order valence-corrected chi connectivity index (χ0v) is 18.1. The highest BCUT2D eigenvalue weighted by atomic mass is 19.1. The number of aromatic nitrogens is 3. The number of hydrogen-bond acceptors (Lipinski definition) is 5. The number of carbonyl (C=O) groups excluding carboxylic acids is 1. The van der Waals surface area contributed by atoms with Gasteiger partial charge in [-0.2, -0.15) is 4.39 Å². The van der Waals surface area contributed by atoms with Crippen LogP contribution in [0.3, 0.4) is 0 Å². The number of nitrogens with zero attached hydrogens (tertiary/aromatic N) is 3. The van der Waals surface area contributed by atoms with Gasteiger partial charge in [0.2, 0.25) is 5.95 Å². The maximum atomic E-state index is 14.5. The molecule has 33 heavy (non-hydrogen) atoms. The van der Waals surface area contributed by atoms with Gasteiger partial charge in [0.1, 0.15) is 11.3 Å². The van der Waals surface area contributed by atoms with Crippen LogP contribution in [-0.2, 0) is 13.1 Å². The monoisotopic (exact) mass is 445 g/mol. The van der Waals surface area contributed by atoms with Crippen molar-refractivity contribution in [2.75, 3.05) is 6.54 Å². The molecule has 1 amide bonds. The standard InChI is InChI=1S/C25H24FN5O2/c26-24-19(15-28-25(33)21-12-23(32)31-9-2-1-6-22(31)29-21)11-18-10-17(7-8-20(18)30-24)14-27-13-16-4-3-5-16/h1-2,6-12,16,27H,3-5,13-15H2,(H,28,33). The van der Waals surface area contributed by atoms with Gasteiger partial charge in [0.15, 0.2) is 0 Å². The van der Waals surface area contributed by atoms with Gasteiger partial charge in [-0.05, 0) is 61.2 Å². The van der Waals surface area contributed by atoms with E-state index in [1.165, 1.54) is 29.7 Å². The molecule has 0 bridgehead atoms. The third-order valence-corrected chi connectivity index (χ3v) is 6.14. The van der Waals surface area contributed by atoms with E-state index in [9.17, 15) is 14.0 Å². The van der Waals surface area contributed by atoms with Gasteiger partial charge < -0.3 is 10.6 Å². The van der Waals surface area contributed by atoms with E-state index in [-0.39, 0.29) is 23.4 Å². The summed E-state index contributed by atoms with van der Waals surface area (Å²) in [7, 11) is 0. The van der Waals surface area contributed by atoms with Crippen molar-refractivity contribution in [3.05, 3.63) is 87.9 Å². The lowest BCUT2D eigenvalue weighted by molar-refractivity contribution is 0.0945. The van der Waals surface area contributed by atoms with Crippen molar-refractivity contribution in [3.8, 4) is 0 Å². The van der Waals surface area contributed by atoms with E-state index >= 15 is 0 Å². The fourth-order valence-corrected chi connectivity index (χ4v) is 4.03. The molecule has 0 aliphatic heterocycles. The summed E-state index contributed by atoms with van der Waals surface area (Å²) in [5.41, 5.74) is 1.93. The molecule has 4 aromatic rings. The van der Waals surface area contributed by atoms with Crippen molar-refractivity contribution in [2.24, 2.45) is 5.92 Å². The summed E-state index contributed by atoms with van der Waals surface area (Å²) in [6, 6.07) is 13.7. The minimum Gasteiger partial charge on any atom is -0.346 e. The van der Waals surface area contributed by atoms with Crippen LogP contribution < -0.4 is 16.2 Å². The maximum absolute atomic E-state index is 14.5. The number of halogens is 1. The smallest absolute Gasteiger partial charge is 0.270 e. The molecule has 1 saturated carbocycles. The highest BCUT2D eigenvalue weighted by molar-refractivity contribution is 5.92. The van der Waals surface area contributed by atoms with Gasteiger partial charge in [0.25, 0.3) is 11.5 Å². The number of fused-ring (bicyclic) bond motifs is 2. The van der Waals surface area contributed by atoms with E-state index in [1.807, 2.05) is 18.2 Å². The highest BCUT2D eigenvalue weighted by Crippen LogP contribution is 2.25. The summed E-state index contributed by atoms with van der Waals surface area (Å²) < 4.78 is 15.9. The van der Waals surface area contributed by atoms with Gasteiger partial charge in [0.05, 0.1) is 5.52 Å². The molecule has 3 aromatic heterocycles. The quantitative estimate of drug-likeness (QED) is 0.427. The Labute approximate surface area is 189 Å². The van der Waals surface area contributed by atoms with Crippen molar-refractivity contribution < 1.29 is 9.18 Å². The Kier molecular flexibility index (Phi) is 5.83. The van der Waals surface area contributed by atoms with Crippen molar-refractivity contribution >= 4 is 22.5 Å². The van der Waals surface area contributed by atoms with Gasteiger partial charge in [-0.15, -0.1) is 0 Å². The van der Waals surface area contributed by atoms with Crippen molar-refractivity contribution in [2.45, 2.75) is 32.4 Å². The zero-order chi connectivity index (χ0) is 22.8. The number of carbonyl (C=O) groups is 1. The lowest BCUT2D eigenvalue weighted by Gasteiger charge is -2.25. The van der Waals surface area contributed by atoms with Gasteiger partial charge >= 0.3 is 0 Å². The van der Waals surface area contributed by atoms with E-state index in [1.54, 1.807) is 30.5 Å². The molecule has 1 aromatic carbocycles. The summed E-state index contributed by atoms with van der Waals surface area (Å²) in [5.74, 6) is -0.401. The van der Waals surface area contributed by atoms with Crippen LogP contribution in [-0.4, -0.2) is 26.8 Å². The van der Waals surface area contributed by atoms with Crippen LogP contribution in [0.2, 0.25) is 0 Å². The predicted molar refractivity (Wildman–Crippen MR) is 123 cm³/mol. The predicted octanol–water partition coefficient (Wildman–Crippen LogP) is 3.20. The topological polar surface area (TPSA) is 88.4 Å². The fraction of sp³-hybridized carbons (Fsp3) is 0.280. The van der Waals surface area contributed by atoms with Crippen LogP contribution in [0.1, 0.15) is 40.9 Å². The summed E-state index contributed by atoms with van der Waals surface area (Å²) in [4.78, 5) is 33.0. The molecule has 0 atom stereocenters. The minimum atomic E-state index is -0.634. The first-order valence-corrected chi connectivity index (χ1v) is 11.1. The molecule has 5 rings (SSSR count). The van der Waals surface area contributed by atoms with E-state index in [4.69, 9.17) is 0 Å². The number of amides is 1. The van der Waals surface area contributed by atoms with Crippen LogP contribution in [0, 0.1) is 11.9 Å². The normalized spacial score (nSPS) is 13.8. The van der Waals surface area contributed by atoms with E-state index in [0.717, 1.165) is 30.0 Å². The first-order valence-electron chi connectivity index (χ1n) is 11.1. The second-order valence-electron chi connectivity index (χ2n) is 8.48. The van der Waals surface area contributed by atoms with Crippen LogP contribution in [0.5, 0.6) is 0 Å². The Morgan fingerprint density at radius 3 is 2.79 bits per heavy atom. The molecular formula is C25H24FN5O2. The highest BCUT2D eigenvalue weighted by Gasteiger charge is 2.16. The second kappa shape index (κ2) is 9.07. The van der Waals surface area contributed by atoms with Crippen LogP contribution in [0.25, 0.3) is 16.6 Å². The molecule has 1 aliphatic carbocycles. The molecule has 3 heterocycles. The zero-order valence-electron chi connectivity index (χ0n) is 18.1. The number of benzene rings is 1. The van der Waals surface area contributed by atoms with E-state index < -0.39 is 11.9 Å². The van der Waals surface area contributed by atoms with Crippen molar-refractivity contribution in [3.63, 3.8) is 0 Å². The molecule has 0 saturated heterocycles. The second-order valence-corrected chi connectivity index (χ2v) is 8.48. The third kappa shape index (κ3) is 4.61. The Morgan fingerprint density at radius 2 is 1.97 bits per heavy atom. The number of nitrogens with one attached hydrogen (secondary N) is 2. The van der Waals surface area contributed by atoms with Crippen LogP contribution in [0.4, 0.5) is 4.39 Å². The molecule has 1 fully saturated rings. The summed E-state index contributed by atoms with van der Waals surface area (Å²) in [5, 5.41) is 6.94. The molecular weight excluding hydrogens is 421 g/mol. The molecule has 8 heteroatoms. The Hall–Kier alpha value is -3.65. The Morgan fingerprint density at radius 1 is 1.09 bits per heavy atom. The van der Waals surface area contributed by atoms with E-state index in [0.29, 0.717) is 11.2 Å². The maximum Gasteiger partial charge on any atom is 0.270 e. The van der Waals surface area contributed by atoms with Gasteiger partial charge in [-0.3, -0.25) is 14.0 Å². The minimum absolute atomic E-state index is 0.0137. The first kappa shape index (κ1) is 21.2. The first-order chi connectivity index (χ1) is 16.1. The lowest BCUT2D eigenvalue weighted by Crippen LogP contribution is -2.27. The molecule has 2 N–H and O–H groups in total. The van der Waals surface area contributed by atoms with Crippen molar-refractivity contribution in [1.82, 2.24) is 25.0 Å². The fourth-order valence-electron chi connectivity index (χ4n) is 4.03. The number of hydrogen-bond donors (Lipinski definition) is 2. The average molecular weight is 445 g/mol. The summed E-state index contributed by atoms with van der Waals surface area (Å²) in [6.45, 7) is 1.70. The van der Waals surface area contributed by atoms with E-state index in [2.05, 4.69) is 20.6 Å². The largest absolute Gasteiger partial charge is 0.346 e. The summed E-state index contributed by atoms with van der Waals surface area (Å²) >= 11 is 0.